The molecule has 3 atom stereocenters. The van der Waals surface area contributed by atoms with Gasteiger partial charge in [-0.15, -0.1) is 0 Å². The van der Waals surface area contributed by atoms with Crippen molar-refractivity contribution in [3.05, 3.63) is 36.5 Å². The highest BCUT2D eigenvalue weighted by atomic mass is 16.3. The Balaban J connectivity index is 4.67. The Morgan fingerprint density at radius 1 is 1.15 bits per heavy atom. The van der Waals surface area contributed by atoms with Crippen LogP contribution in [0.3, 0.4) is 0 Å². The summed E-state index contributed by atoms with van der Waals surface area (Å²) in [5.74, 6) is 1.10. The molecule has 0 aromatic rings. The number of hydrogen-bond acceptors (Lipinski definition) is 1. The molecule has 0 aliphatic heterocycles. The zero-order valence-electron chi connectivity index (χ0n) is 14.0. The third kappa shape index (κ3) is 7.69. The van der Waals surface area contributed by atoms with Crippen molar-refractivity contribution in [3.8, 4) is 0 Å². The second-order valence-corrected chi connectivity index (χ2v) is 6.08. The van der Waals surface area contributed by atoms with Gasteiger partial charge >= 0.3 is 0 Å². The van der Waals surface area contributed by atoms with Crippen LogP contribution in [0.2, 0.25) is 0 Å². The highest BCUT2D eigenvalue weighted by Gasteiger charge is 2.20. The molecule has 20 heavy (non-hydrogen) atoms. The first-order valence-electron chi connectivity index (χ1n) is 8.10. The Bertz CT molecular complexity index is 312. The molecule has 0 saturated heterocycles. The first-order valence-corrected chi connectivity index (χ1v) is 8.10. The van der Waals surface area contributed by atoms with Gasteiger partial charge in [-0.2, -0.15) is 0 Å². The van der Waals surface area contributed by atoms with Crippen LogP contribution in [0.1, 0.15) is 66.2 Å². The van der Waals surface area contributed by atoms with Crippen LogP contribution in [0, 0.1) is 11.8 Å². The van der Waals surface area contributed by atoms with Crippen LogP contribution in [-0.4, -0.2) is 11.2 Å². The molecule has 3 unspecified atom stereocenters. The summed E-state index contributed by atoms with van der Waals surface area (Å²) in [6, 6.07) is 0. The SMILES string of the molecule is C=CC=C(C)C(=C)C(C)C(CCCCC)CCC(C)O. The Labute approximate surface area is 126 Å². The minimum atomic E-state index is -0.200. The smallest absolute Gasteiger partial charge is 0.0512 e. The average molecular weight is 278 g/mol. The third-order valence-electron chi connectivity index (χ3n) is 4.26. The van der Waals surface area contributed by atoms with Crippen molar-refractivity contribution >= 4 is 0 Å². The number of aliphatic hydroxyl groups excluding tert-OH is 1. The molecule has 0 saturated carbocycles. The molecule has 0 amide bonds. The van der Waals surface area contributed by atoms with Crippen LogP contribution in [0.4, 0.5) is 0 Å². The maximum absolute atomic E-state index is 9.54. The fraction of sp³-hybridized carbons (Fsp3) is 0.684. The molecule has 0 heterocycles. The largest absolute Gasteiger partial charge is 0.393 e. The van der Waals surface area contributed by atoms with Crippen molar-refractivity contribution in [2.75, 3.05) is 0 Å². The van der Waals surface area contributed by atoms with E-state index in [1.807, 2.05) is 19.1 Å². The summed E-state index contributed by atoms with van der Waals surface area (Å²) in [4.78, 5) is 0. The highest BCUT2D eigenvalue weighted by Crippen LogP contribution is 2.32. The van der Waals surface area contributed by atoms with Crippen LogP contribution in [-0.2, 0) is 0 Å². The second kappa shape index (κ2) is 10.9. The standard InChI is InChI=1S/C19H34O/c1-7-9-10-12-19(14-13-16(4)20)18(6)17(5)15(3)11-8-2/h8,11,16,18-20H,2,5,7,9-10,12-14H2,1,3-4,6H3. The molecule has 1 nitrogen and oxygen atoms in total. The predicted molar refractivity (Wildman–Crippen MR) is 90.8 cm³/mol. The van der Waals surface area contributed by atoms with E-state index >= 15 is 0 Å². The summed E-state index contributed by atoms with van der Waals surface area (Å²) < 4.78 is 0. The van der Waals surface area contributed by atoms with Gasteiger partial charge in [0.1, 0.15) is 0 Å². The van der Waals surface area contributed by atoms with Crippen LogP contribution in [0.15, 0.2) is 36.5 Å². The van der Waals surface area contributed by atoms with Crippen molar-refractivity contribution in [2.45, 2.75) is 72.3 Å². The average Bonchev–Trinajstić information content (AvgIpc) is 2.41. The molecular formula is C19H34O. The van der Waals surface area contributed by atoms with Crippen molar-refractivity contribution in [1.82, 2.24) is 0 Å². The molecule has 0 fully saturated rings. The number of hydrogen-bond donors (Lipinski definition) is 1. The summed E-state index contributed by atoms with van der Waals surface area (Å²) in [6.07, 6.45) is 10.7. The predicted octanol–water partition coefficient (Wildman–Crippen LogP) is 5.67. The molecule has 0 bridgehead atoms. The van der Waals surface area contributed by atoms with Crippen molar-refractivity contribution in [3.63, 3.8) is 0 Å². The number of unbranched alkanes of at least 4 members (excludes halogenated alkanes) is 2. The van der Waals surface area contributed by atoms with Crippen LogP contribution >= 0.6 is 0 Å². The lowest BCUT2D eigenvalue weighted by Gasteiger charge is -2.27. The van der Waals surface area contributed by atoms with E-state index in [0.717, 1.165) is 12.8 Å². The highest BCUT2D eigenvalue weighted by molar-refractivity contribution is 5.31. The lowest BCUT2D eigenvalue weighted by Crippen LogP contribution is -2.16. The first kappa shape index (κ1) is 19.2. The van der Waals surface area contributed by atoms with E-state index in [1.54, 1.807) is 0 Å². The first-order chi connectivity index (χ1) is 9.43. The Kier molecular flexibility index (Phi) is 10.5. The van der Waals surface area contributed by atoms with Gasteiger partial charge in [-0.05, 0) is 56.1 Å². The lowest BCUT2D eigenvalue weighted by molar-refractivity contribution is 0.166. The fourth-order valence-electron chi connectivity index (χ4n) is 2.68. The van der Waals surface area contributed by atoms with Gasteiger partial charge in [0, 0.05) is 0 Å². The summed E-state index contributed by atoms with van der Waals surface area (Å²) in [6.45, 7) is 16.5. The van der Waals surface area contributed by atoms with Crippen molar-refractivity contribution in [2.24, 2.45) is 11.8 Å². The van der Waals surface area contributed by atoms with E-state index in [0.29, 0.717) is 11.8 Å². The number of rotatable bonds is 11. The second-order valence-electron chi connectivity index (χ2n) is 6.08. The normalized spacial score (nSPS) is 16.6. The third-order valence-corrected chi connectivity index (χ3v) is 4.26. The maximum Gasteiger partial charge on any atom is 0.0512 e. The maximum atomic E-state index is 9.54. The summed E-state index contributed by atoms with van der Waals surface area (Å²) in [7, 11) is 0. The van der Waals surface area contributed by atoms with E-state index < -0.39 is 0 Å². The number of allylic oxidation sites excluding steroid dienone is 4. The minimum Gasteiger partial charge on any atom is -0.393 e. The molecule has 0 spiro atoms. The molecular weight excluding hydrogens is 244 g/mol. The van der Waals surface area contributed by atoms with E-state index in [1.165, 1.54) is 36.8 Å². The molecule has 0 rings (SSSR count). The lowest BCUT2D eigenvalue weighted by atomic mass is 9.79. The van der Waals surface area contributed by atoms with Gasteiger partial charge in [-0.3, -0.25) is 0 Å². The molecule has 0 aliphatic rings. The van der Waals surface area contributed by atoms with Gasteiger partial charge in [0.2, 0.25) is 0 Å². The van der Waals surface area contributed by atoms with Crippen molar-refractivity contribution < 1.29 is 5.11 Å². The molecule has 0 aromatic heterocycles. The van der Waals surface area contributed by atoms with E-state index in [4.69, 9.17) is 0 Å². The molecule has 0 aromatic carbocycles. The van der Waals surface area contributed by atoms with Crippen LogP contribution in [0.25, 0.3) is 0 Å². The Morgan fingerprint density at radius 2 is 1.80 bits per heavy atom. The molecule has 1 N–H and O–H groups in total. The van der Waals surface area contributed by atoms with Gasteiger partial charge in [-0.25, -0.2) is 0 Å². The Morgan fingerprint density at radius 3 is 2.30 bits per heavy atom. The zero-order valence-corrected chi connectivity index (χ0v) is 14.0. The van der Waals surface area contributed by atoms with Crippen LogP contribution in [0.5, 0.6) is 0 Å². The zero-order chi connectivity index (χ0) is 15.5. The topological polar surface area (TPSA) is 20.2 Å². The summed E-state index contributed by atoms with van der Waals surface area (Å²) in [5.41, 5.74) is 2.45. The number of aliphatic hydroxyl groups is 1. The molecule has 0 radical (unpaired) electrons. The quantitative estimate of drug-likeness (QED) is 0.381. The molecule has 0 aliphatic carbocycles. The van der Waals surface area contributed by atoms with Crippen molar-refractivity contribution in [1.29, 1.82) is 0 Å². The fourth-order valence-corrected chi connectivity index (χ4v) is 2.68. The van der Waals surface area contributed by atoms with E-state index in [-0.39, 0.29) is 6.10 Å². The monoisotopic (exact) mass is 278 g/mol. The Hall–Kier alpha value is -0.820. The minimum absolute atomic E-state index is 0.200. The summed E-state index contributed by atoms with van der Waals surface area (Å²) >= 11 is 0. The van der Waals surface area contributed by atoms with Gasteiger partial charge in [0.25, 0.3) is 0 Å². The van der Waals surface area contributed by atoms with Gasteiger partial charge in [-0.1, -0.05) is 58.4 Å². The van der Waals surface area contributed by atoms with Crippen LogP contribution < -0.4 is 0 Å². The molecule has 116 valence electrons. The molecule has 1 heteroatoms. The van der Waals surface area contributed by atoms with Gasteiger partial charge in [0.15, 0.2) is 0 Å². The van der Waals surface area contributed by atoms with Gasteiger partial charge < -0.3 is 5.11 Å². The van der Waals surface area contributed by atoms with E-state index in [9.17, 15) is 5.11 Å². The summed E-state index contributed by atoms with van der Waals surface area (Å²) in [5, 5.41) is 9.54. The van der Waals surface area contributed by atoms with E-state index in [2.05, 4.69) is 33.9 Å². The van der Waals surface area contributed by atoms with Gasteiger partial charge in [0.05, 0.1) is 6.10 Å².